The first-order chi connectivity index (χ1) is 9.58. The van der Waals surface area contributed by atoms with Gasteiger partial charge in [0.15, 0.2) is 0 Å². The van der Waals surface area contributed by atoms with Crippen LogP contribution in [0, 0.1) is 15.9 Å². The summed E-state index contributed by atoms with van der Waals surface area (Å²) in [7, 11) is 0. The minimum atomic E-state index is -0.806. The molecule has 0 atom stereocenters. The minimum absolute atomic E-state index is 0.149. The molecule has 0 aliphatic carbocycles. The van der Waals surface area contributed by atoms with Gasteiger partial charge in [-0.25, -0.2) is 9.37 Å². The summed E-state index contributed by atoms with van der Waals surface area (Å²) in [5, 5.41) is 13.6. The van der Waals surface area contributed by atoms with Crippen LogP contribution in [0.25, 0.3) is 0 Å². The molecular formula is C12H12ClFN4O2. The molecule has 2 aromatic rings. The molecule has 0 saturated heterocycles. The van der Waals surface area contributed by atoms with E-state index in [1.807, 2.05) is 0 Å². The second-order valence-corrected chi connectivity index (χ2v) is 4.51. The predicted molar refractivity (Wildman–Crippen MR) is 73.5 cm³/mol. The van der Waals surface area contributed by atoms with E-state index < -0.39 is 10.7 Å². The Labute approximate surface area is 119 Å². The molecule has 106 valence electrons. The zero-order valence-corrected chi connectivity index (χ0v) is 11.2. The van der Waals surface area contributed by atoms with Crippen LogP contribution in [0.15, 0.2) is 24.5 Å². The second kappa shape index (κ2) is 6.33. The number of benzene rings is 1. The number of nitro benzene ring substituents is 1. The number of rotatable bonds is 6. The van der Waals surface area contributed by atoms with Gasteiger partial charge in [-0.1, -0.05) is 11.6 Å². The third-order valence-electron chi connectivity index (χ3n) is 2.70. The molecule has 0 radical (unpaired) electrons. The van der Waals surface area contributed by atoms with E-state index in [0.717, 1.165) is 18.3 Å². The van der Waals surface area contributed by atoms with Gasteiger partial charge in [0.1, 0.15) is 17.3 Å². The Morgan fingerprint density at radius 1 is 1.50 bits per heavy atom. The molecule has 0 fully saturated rings. The zero-order chi connectivity index (χ0) is 14.5. The Morgan fingerprint density at radius 3 is 2.95 bits per heavy atom. The summed E-state index contributed by atoms with van der Waals surface area (Å²) in [6.07, 6.45) is 4.82. The molecule has 6 nitrogen and oxygen atoms in total. The van der Waals surface area contributed by atoms with Gasteiger partial charge in [-0.15, -0.1) is 0 Å². The number of aromatic nitrogens is 2. The van der Waals surface area contributed by atoms with Crippen molar-refractivity contribution < 1.29 is 9.31 Å². The number of halogens is 2. The molecule has 0 aliphatic heterocycles. The van der Waals surface area contributed by atoms with E-state index in [-0.39, 0.29) is 16.4 Å². The predicted octanol–water partition coefficient (Wildman–Crippen LogP) is 3.16. The molecular weight excluding hydrogens is 287 g/mol. The summed E-state index contributed by atoms with van der Waals surface area (Å²) in [5.41, 5.74) is -0.120. The summed E-state index contributed by atoms with van der Waals surface area (Å²) in [6.45, 7) is 0.490. The van der Waals surface area contributed by atoms with Gasteiger partial charge >= 0.3 is 0 Å². The lowest BCUT2D eigenvalue weighted by Crippen LogP contribution is -2.06. The highest BCUT2D eigenvalue weighted by molar-refractivity contribution is 6.31. The van der Waals surface area contributed by atoms with Crippen LogP contribution in [-0.4, -0.2) is 21.4 Å². The van der Waals surface area contributed by atoms with Crippen LogP contribution in [0.5, 0.6) is 0 Å². The van der Waals surface area contributed by atoms with Gasteiger partial charge < -0.3 is 10.3 Å². The highest BCUT2D eigenvalue weighted by Crippen LogP contribution is 2.30. The maximum absolute atomic E-state index is 13.2. The first kappa shape index (κ1) is 14.3. The molecule has 1 heterocycles. The molecule has 0 bridgehead atoms. The summed E-state index contributed by atoms with van der Waals surface area (Å²) >= 11 is 5.63. The Balaban J connectivity index is 1.98. The Bertz CT molecular complexity index is 604. The minimum Gasteiger partial charge on any atom is -0.379 e. The number of aromatic amines is 1. The summed E-state index contributed by atoms with van der Waals surface area (Å²) in [4.78, 5) is 17.2. The third-order valence-corrected chi connectivity index (χ3v) is 2.99. The van der Waals surface area contributed by atoms with Crippen LogP contribution < -0.4 is 5.32 Å². The van der Waals surface area contributed by atoms with Crippen LogP contribution in [0.2, 0.25) is 5.02 Å². The highest BCUT2D eigenvalue weighted by atomic mass is 35.5. The van der Waals surface area contributed by atoms with Gasteiger partial charge in [-0.05, 0) is 12.5 Å². The van der Waals surface area contributed by atoms with E-state index in [1.165, 1.54) is 6.07 Å². The van der Waals surface area contributed by atoms with Gasteiger partial charge in [0.05, 0.1) is 16.0 Å². The molecule has 8 heteroatoms. The smallest absolute Gasteiger partial charge is 0.295 e. The molecule has 0 spiro atoms. The number of hydrogen-bond acceptors (Lipinski definition) is 4. The lowest BCUT2D eigenvalue weighted by molar-refractivity contribution is -0.384. The van der Waals surface area contributed by atoms with Gasteiger partial charge in [-0.2, -0.15) is 0 Å². The van der Waals surface area contributed by atoms with Gasteiger partial charge in [-0.3, -0.25) is 10.1 Å². The molecule has 0 aliphatic rings. The monoisotopic (exact) mass is 298 g/mol. The Hall–Kier alpha value is -2.15. The first-order valence-corrected chi connectivity index (χ1v) is 6.31. The maximum Gasteiger partial charge on any atom is 0.295 e. The highest BCUT2D eigenvalue weighted by Gasteiger charge is 2.17. The molecule has 0 saturated carbocycles. The number of hydrogen-bond donors (Lipinski definition) is 2. The quantitative estimate of drug-likeness (QED) is 0.487. The van der Waals surface area contributed by atoms with E-state index in [0.29, 0.717) is 13.0 Å². The van der Waals surface area contributed by atoms with Crippen LogP contribution >= 0.6 is 11.6 Å². The summed E-state index contributed by atoms with van der Waals surface area (Å²) < 4.78 is 13.2. The SMILES string of the molecule is O=[N+]([O-])c1cc(F)c(Cl)cc1NCCCc1ncc[nH]1. The van der Waals surface area contributed by atoms with Crippen LogP contribution in [0.4, 0.5) is 15.8 Å². The lowest BCUT2D eigenvalue weighted by atomic mass is 10.2. The van der Waals surface area contributed by atoms with Crippen molar-refractivity contribution in [2.75, 3.05) is 11.9 Å². The van der Waals surface area contributed by atoms with Crippen molar-refractivity contribution in [3.8, 4) is 0 Å². The van der Waals surface area contributed by atoms with Crippen LogP contribution in [-0.2, 0) is 6.42 Å². The van der Waals surface area contributed by atoms with Crippen molar-refractivity contribution in [1.29, 1.82) is 0 Å². The van der Waals surface area contributed by atoms with E-state index in [4.69, 9.17) is 11.6 Å². The third kappa shape index (κ3) is 3.45. The average Bonchev–Trinajstić information content (AvgIpc) is 2.91. The van der Waals surface area contributed by atoms with Crippen molar-refractivity contribution in [3.05, 3.63) is 51.3 Å². The average molecular weight is 299 g/mol. The summed E-state index contributed by atoms with van der Waals surface area (Å²) in [5.74, 6) is 0.0398. The van der Waals surface area contributed by atoms with Gasteiger partial charge in [0.2, 0.25) is 0 Å². The number of aryl methyl sites for hydroxylation is 1. The van der Waals surface area contributed by atoms with Crippen molar-refractivity contribution in [2.24, 2.45) is 0 Å². The first-order valence-electron chi connectivity index (χ1n) is 5.93. The van der Waals surface area contributed by atoms with E-state index in [1.54, 1.807) is 12.4 Å². The number of nitrogens with one attached hydrogen (secondary N) is 2. The molecule has 2 N–H and O–H groups in total. The maximum atomic E-state index is 13.2. The fourth-order valence-electron chi connectivity index (χ4n) is 1.74. The second-order valence-electron chi connectivity index (χ2n) is 4.11. The molecule has 2 rings (SSSR count). The van der Waals surface area contributed by atoms with Crippen molar-refractivity contribution in [1.82, 2.24) is 9.97 Å². The molecule has 1 aromatic heterocycles. The number of imidazole rings is 1. The van der Waals surface area contributed by atoms with Gasteiger partial charge in [0.25, 0.3) is 5.69 Å². The van der Waals surface area contributed by atoms with Crippen LogP contribution in [0.1, 0.15) is 12.2 Å². The fraction of sp³-hybridized carbons (Fsp3) is 0.250. The topological polar surface area (TPSA) is 83.8 Å². The Morgan fingerprint density at radius 2 is 2.30 bits per heavy atom. The standard InChI is InChI=1S/C12H12ClFN4O2/c13-8-6-10(11(18(19)20)7-9(8)14)15-3-1-2-12-16-4-5-17-12/h4-7,15H,1-3H2,(H,16,17). The number of nitrogens with zero attached hydrogens (tertiary/aromatic N) is 2. The number of anilines is 1. The van der Waals surface area contributed by atoms with Crippen molar-refractivity contribution in [2.45, 2.75) is 12.8 Å². The largest absolute Gasteiger partial charge is 0.379 e. The number of nitro groups is 1. The normalized spacial score (nSPS) is 10.5. The zero-order valence-electron chi connectivity index (χ0n) is 10.4. The Kier molecular flexibility index (Phi) is 4.52. The number of H-pyrrole nitrogens is 1. The van der Waals surface area contributed by atoms with E-state index in [2.05, 4.69) is 15.3 Å². The van der Waals surface area contributed by atoms with Gasteiger partial charge in [0, 0.05) is 25.4 Å². The van der Waals surface area contributed by atoms with E-state index >= 15 is 0 Å². The summed E-state index contributed by atoms with van der Waals surface area (Å²) in [6, 6.07) is 2.04. The molecule has 20 heavy (non-hydrogen) atoms. The molecule has 1 aromatic carbocycles. The lowest BCUT2D eigenvalue weighted by Gasteiger charge is -2.07. The molecule has 0 unspecified atom stereocenters. The van der Waals surface area contributed by atoms with Crippen molar-refractivity contribution >= 4 is 23.0 Å². The van der Waals surface area contributed by atoms with Crippen LogP contribution in [0.3, 0.4) is 0 Å². The van der Waals surface area contributed by atoms with E-state index in [9.17, 15) is 14.5 Å². The van der Waals surface area contributed by atoms with Crippen molar-refractivity contribution in [3.63, 3.8) is 0 Å². The molecule has 0 amide bonds. The fourth-order valence-corrected chi connectivity index (χ4v) is 1.91.